The van der Waals surface area contributed by atoms with Crippen molar-refractivity contribution in [3.05, 3.63) is 62.6 Å². The van der Waals surface area contributed by atoms with Gasteiger partial charge in [-0.2, -0.15) is 0 Å². The SMILES string of the molecule is CCNC(=O)CNC(=O)c1cc2c([nH]c1=O)CC13CC4(CN(CC5CC5)[C@H]4C1(O)C2)c1ccc(OC)cc13. The summed E-state index contributed by atoms with van der Waals surface area (Å²) < 4.78 is 5.58. The topological polar surface area (TPSA) is 124 Å². The molecule has 2 heterocycles. The second-order valence-corrected chi connectivity index (χ2v) is 12.0. The Kier molecular flexibility index (Phi) is 4.99. The molecule has 2 spiro atoms. The number of nitrogens with one attached hydrogen (secondary N) is 3. The number of aliphatic hydroxyl groups is 1. The van der Waals surface area contributed by atoms with Crippen LogP contribution in [0.4, 0.5) is 0 Å². The number of fused-ring (bicyclic) bond motifs is 3. The van der Waals surface area contributed by atoms with Gasteiger partial charge in [0.2, 0.25) is 5.91 Å². The van der Waals surface area contributed by atoms with E-state index >= 15 is 0 Å². The molecule has 200 valence electrons. The zero-order chi connectivity index (χ0) is 26.4. The van der Waals surface area contributed by atoms with Crippen molar-refractivity contribution in [2.75, 3.05) is 33.3 Å². The molecule has 4 atom stereocenters. The summed E-state index contributed by atoms with van der Waals surface area (Å²) in [5.41, 5.74) is 1.85. The third-order valence-corrected chi connectivity index (χ3v) is 9.92. The largest absolute Gasteiger partial charge is 0.497 e. The first-order chi connectivity index (χ1) is 18.2. The summed E-state index contributed by atoms with van der Waals surface area (Å²) in [6, 6.07) is 7.92. The number of hydrogen-bond acceptors (Lipinski definition) is 6. The van der Waals surface area contributed by atoms with Gasteiger partial charge in [0.1, 0.15) is 11.3 Å². The molecule has 9 heteroatoms. The molecule has 1 aromatic carbocycles. The van der Waals surface area contributed by atoms with Crippen molar-refractivity contribution >= 4 is 11.8 Å². The van der Waals surface area contributed by atoms with Crippen molar-refractivity contribution in [2.45, 2.75) is 61.5 Å². The average molecular weight is 519 g/mol. The maximum atomic E-state index is 13.0. The minimum absolute atomic E-state index is 0.00610. The van der Waals surface area contributed by atoms with Crippen LogP contribution in [0.3, 0.4) is 0 Å². The first-order valence-electron chi connectivity index (χ1n) is 13.7. The number of amides is 2. The van der Waals surface area contributed by atoms with Crippen molar-refractivity contribution in [1.29, 1.82) is 0 Å². The first-order valence-corrected chi connectivity index (χ1v) is 13.7. The molecule has 1 aromatic heterocycles. The summed E-state index contributed by atoms with van der Waals surface area (Å²) in [4.78, 5) is 43.2. The van der Waals surface area contributed by atoms with Gasteiger partial charge in [0.05, 0.1) is 25.3 Å². The van der Waals surface area contributed by atoms with E-state index in [2.05, 4.69) is 32.7 Å². The lowest BCUT2D eigenvalue weighted by molar-refractivity contribution is -0.136. The number of pyridine rings is 1. The summed E-state index contributed by atoms with van der Waals surface area (Å²) in [6.45, 7) is 4.02. The van der Waals surface area contributed by atoms with E-state index in [1.165, 1.54) is 18.4 Å². The van der Waals surface area contributed by atoms with Gasteiger partial charge in [-0.25, -0.2) is 0 Å². The quantitative estimate of drug-likeness (QED) is 0.429. The number of ether oxygens (including phenoxy) is 1. The number of benzene rings is 1. The van der Waals surface area contributed by atoms with E-state index in [0.717, 1.165) is 42.1 Å². The van der Waals surface area contributed by atoms with E-state index in [9.17, 15) is 19.5 Å². The molecule has 2 bridgehead atoms. The highest BCUT2D eigenvalue weighted by Crippen LogP contribution is 2.73. The second kappa shape index (κ2) is 7.93. The highest BCUT2D eigenvalue weighted by atomic mass is 16.5. The zero-order valence-corrected chi connectivity index (χ0v) is 21.9. The predicted octanol–water partition coefficient (Wildman–Crippen LogP) is 0.766. The third-order valence-electron chi connectivity index (χ3n) is 9.92. The normalized spacial score (nSPS) is 31.9. The molecule has 3 fully saturated rings. The standard InChI is InChI=1S/C29H34N4O5/c1-3-30-23(34)12-31-24(35)19-8-17-10-29(37)26-27(15-33(26)13-16-4-5-16)14-28(29,11-22(17)32-25(19)36)21-9-18(38-2)6-7-20(21)27/h6-9,16,26,37H,3-5,10-15H2,1-2H3,(H,30,34)(H,31,35)(H,32,36)/t26-,27?,28?,29?/m1/s1. The van der Waals surface area contributed by atoms with Crippen LogP contribution < -0.4 is 20.9 Å². The van der Waals surface area contributed by atoms with Crippen molar-refractivity contribution in [3.8, 4) is 5.75 Å². The average Bonchev–Trinajstić information content (AvgIpc) is 3.62. The Hall–Kier alpha value is -3.17. The van der Waals surface area contributed by atoms with Crippen molar-refractivity contribution in [2.24, 2.45) is 5.92 Å². The lowest BCUT2D eigenvalue weighted by Crippen LogP contribution is -2.75. The minimum atomic E-state index is -1.03. The molecular weight excluding hydrogens is 484 g/mol. The van der Waals surface area contributed by atoms with Crippen LogP contribution in [0.15, 0.2) is 29.1 Å². The number of hydrogen-bond donors (Lipinski definition) is 4. The molecule has 4 N–H and O–H groups in total. The Bertz CT molecular complexity index is 1430. The summed E-state index contributed by atoms with van der Waals surface area (Å²) in [5, 5.41) is 17.9. The molecule has 2 amide bonds. The van der Waals surface area contributed by atoms with Crippen LogP contribution in [0.25, 0.3) is 0 Å². The Morgan fingerprint density at radius 1 is 1.18 bits per heavy atom. The highest BCUT2D eigenvalue weighted by Gasteiger charge is 2.81. The minimum Gasteiger partial charge on any atom is -0.497 e. The van der Waals surface area contributed by atoms with Crippen LogP contribution in [0.5, 0.6) is 5.75 Å². The van der Waals surface area contributed by atoms with E-state index in [1.807, 2.05) is 6.07 Å². The lowest BCUT2D eigenvalue weighted by Gasteiger charge is -2.62. The van der Waals surface area contributed by atoms with Gasteiger partial charge in [0.25, 0.3) is 11.5 Å². The fourth-order valence-corrected chi connectivity index (χ4v) is 8.36. The molecule has 2 saturated carbocycles. The molecule has 1 saturated heterocycles. The molecule has 2 aromatic rings. The number of aromatic nitrogens is 1. The van der Waals surface area contributed by atoms with Crippen molar-refractivity contribution < 1.29 is 19.4 Å². The van der Waals surface area contributed by atoms with Gasteiger partial charge in [-0.3, -0.25) is 19.3 Å². The van der Waals surface area contributed by atoms with Gasteiger partial charge in [0, 0.05) is 49.0 Å². The molecule has 3 unspecified atom stereocenters. The molecule has 1 aliphatic heterocycles. The van der Waals surface area contributed by atoms with E-state index in [-0.39, 0.29) is 29.5 Å². The molecule has 5 aliphatic rings. The van der Waals surface area contributed by atoms with Gasteiger partial charge < -0.3 is 25.5 Å². The van der Waals surface area contributed by atoms with E-state index in [0.29, 0.717) is 25.3 Å². The van der Waals surface area contributed by atoms with Crippen LogP contribution in [0.1, 0.15) is 58.9 Å². The fraction of sp³-hybridized carbons (Fsp3) is 0.552. The second-order valence-electron chi connectivity index (χ2n) is 12.0. The van der Waals surface area contributed by atoms with Gasteiger partial charge in [-0.1, -0.05) is 6.07 Å². The summed E-state index contributed by atoms with van der Waals surface area (Å²) in [6.07, 6.45) is 4.23. The number of carbonyl (C=O) groups is 2. The number of H-pyrrole nitrogens is 1. The van der Waals surface area contributed by atoms with Crippen LogP contribution in [-0.2, 0) is 28.5 Å². The maximum Gasteiger partial charge on any atom is 0.261 e. The number of carbonyl (C=O) groups excluding carboxylic acids is 2. The summed E-state index contributed by atoms with van der Waals surface area (Å²) >= 11 is 0. The number of methoxy groups -OCH3 is 1. The summed E-state index contributed by atoms with van der Waals surface area (Å²) in [7, 11) is 1.66. The van der Waals surface area contributed by atoms with E-state index in [4.69, 9.17) is 4.74 Å². The molecular formula is C29H34N4O5. The van der Waals surface area contributed by atoms with Gasteiger partial charge in [-0.05, 0) is 67.0 Å². The fourth-order valence-electron chi connectivity index (χ4n) is 8.36. The highest BCUT2D eigenvalue weighted by molar-refractivity contribution is 5.96. The van der Waals surface area contributed by atoms with Crippen LogP contribution in [0.2, 0.25) is 0 Å². The monoisotopic (exact) mass is 518 g/mol. The van der Waals surface area contributed by atoms with Crippen LogP contribution >= 0.6 is 0 Å². The Balaban J connectivity index is 1.28. The Morgan fingerprint density at radius 3 is 2.74 bits per heavy atom. The van der Waals surface area contributed by atoms with Crippen LogP contribution in [0, 0.1) is 5.92 Å². The van der Waals surface area contributed by atoms with Gasteiger partial charge >= 0.3 is 0 Å². The molecule has 7 rings (SSSR count). The maximum absolute atomic E-state index is 13.0. The Labute approximate surface area is 220 Å². The number of nitrogens with zero attached hydrogens (tertiary/aromatic N) is 1. The first kappa shape index (κ1) is 23.9. The zero-order valence-electron chi connectivity index (χ0n) is 21.9. The van der Waals surface area contributed by atoms with E-state index < -0.39 is 22.5 Å². The van der Waals surface area contributed by atoms with Gasteiger partial charge in [0.15, 0.2) is 0 Å². The third kappa shape index (κ3) is 3.03. The smallest absolute Gasteiger partial charge is 0.261 e. The number of likely N-dealkylation sites (tertiary alicyclic amines) is 1. The predicted molar refractivity (Wildman–Crippen MR) is 139 cm³/mol. The molecule has 9 nitrogen and oxygen atoms in total. The Morgan fingerprint density at radius 2 is 2.00 bits per heavy atom. The van der Waals surface area contributed by atoms with Crippen LogP contribution in [-0.4, -0.2) is 71.7 Å². The number of aromatic amines is 1. The summed E-state index contributed by atoms with van der Waals surface area (Å²) in [5.74, 6) is 0.585. The molecule has 0 radical (unpaired) electrons. The molecule has 4 aliphatic carbocycles. The van der Waals surface area contributed by atoms with Gasteiger partial charge in [-0.15, -0.1) is 0 Å². The number of rotatable bonds is 7. The lowest BCUT2D eigenvalue weighted by atomic mass is 9.55. The van der Waals surface area contributed by atoms with Crippen molar-refractivity contribution in [1.82, 2.24) is 20.5 Å². The van der Waals surface area contributed by atoms with E-state index in [1.54, 1.807) is 20.1 Å². The van der Waals surface area contributed by atoms with Crippen molar-refractivity contribution in [3.63, 3.8) is 0 Å². The molecule has 38 heavy (non-hydrogen) atoms. The number of likely N-dealkylation sites (N-methyl/N-ethyl adjacent to an activating group) is 1.